The first-order valence-corrected chi connectivity index (χ1v) is 7.00. The van der Waals surface area contributed by atoms with E-state index in [4.69, 9.17) is 4.42 Å². The molecule has 0 saturated carbocycles. The highest BCUT2D eigenvalue weighted by Crippen LogP contribution is 2.26. The first-order chi connectivity index (χ1) is 9.45. The van der Waals surface area contributed by atoms with Gasteiger partial charge in [-0.25, -0.2) is 4.98 Å². The van der Waals surface area contributed by atoms with Crippen LogP contribution < -0.4 is 5.32 Å². The number of hydrogen-bond acceptors (Lipinski definition) is 4. The molecule has 0 aliphatic carbocycles. The van der Waals surface area contributed by atoms with E-state index in [0.29, 0.717) is 18.1 Å². The molecule has 0 bridgehead atoms. The Hall–Kier alpha value is -1.85. The molecule has 6 heteroatoms. The normalized spacial score (nSPS) is 24.7. The standard InChI is InChI=1S/C14H21N3O3/c1-5-6-11-14(19)17(9(3)12(18)16-11)10(4)13-15-7-8(2)20-13/h7,9-11H,5-6H2,1-4H3,(H,16,18). The van der Waals surface area contributed by atoms with E-state index in [0.717, 1.165) is 6.42 Å². The van der Waals surface area contributed by atoms with Crippen LogP contribution in [0.3, 0.4) is 0 Å². The molecule has 0 aromatic carbocycles. The fourth-order valence-corrected chi connectivity index (χ4v) is 2.55. The van der Waals surface area contributed by atoms with Gasteiger partial charge in [0, 0.05) is 0 Å². The lowest BCUT2D eigenvalue weighted by Gasteiger charge is -2.39. The third kappa shape index (κ3) is 2.55. The first kappa shape index (κ1) is 14.6. The highest BCUT2D eigenvalue weighted by atomic mass is 16.4. The van der Waals surface area contributed by atoms with Crippen molar-refractivity contribution in [2.24, 2.45) is 0 Å². The minimum Gasteiger partial charge on any atom is -0.444 e. The Kier molecular flexibility index (Phi) is 4.11. The molecular weight excluding hydrogens is 258 g/mol. The zero-order valence-electron chi connectivity index (χ0n) is 12.3. The van der Waals surface area contributed by atoms with Gasteiger partial charge in [0.05, 0.1) is 6.20 Å². The van der Waals surface area contributed by atoms with Crippen LogP contribution in [0.2, 0.25) is 0 Å². The molecule has 1 fully saturated rings. The van der Waals surface area contributed by atoms with Crippen molar-refractivity contribution < 1.29 is 14.0 Å². The van der Waals surface area contributed by atoms with Gasteiger partial charge in [0.25, 0.3) is 0 Å². The van der Waals surface area contributed by atoms with Crippen LogP contribution in [-0.2, 0) is 9.59 Å². The lowest BCUT2D eigenvalue weighted by Crippen LogP contribution is -2.62. The number of piperazine rings is 1. The number of carbonyl (C=O) groups is 2. The van der Waals surface area contributed by atoms with Crippen molar-refractivity contribution in [3.8, 4) is 0 Å². The SMILES string of the molecule is CCCC1NC(=O)C(C)N(C(C)c2ncc(C)o2)C1=O. The maximum atomic E-state index is 12.5. The van der Waals surface area contributed by atoms with E-state index in [1.165, 1.54) is 0 Å². The van der Waals surface area contributed by atoms with Crippen molar-refractivity contribution >= 4 is 11.8 Å². The van der Waals surface area contributed by atoms with Gasteiger partial charge in [-0.15, -0.1) is 0 Å². The van der Waals surface area contributed by atoms with Crippen LogP contribution in [0.25, 0.3) is 0 Å². The molecule has 3 atom stereocenters. The summed E-state index contributed by atoms with van der Waals surface area (Å²) in [6.07, 6.45) is 3.10. The molecule has 1 aliphatic heterocycles. The molecule has 1 aromatic rings. The molecule has 2 rings (SSSR count). The number of nitrogens with one attached hydrogen (secondary N) is 1. The van der Waals surface area contributed by atoms with Crippen LogP contribution >= 0.6 is 0 Å². The maximum absolute atomic E-state index is 12.5. The van der Waals surface area contributed by atoms with Crippen LogP contribution in [0.5, 0.6) is 0 Å². The average molecular weight is 279 g/mol. The summed E-state index contributed by atoms with van der Waals surface area (Å²) in [5.74, 6) is 0.964. The summed E-state index contributed by atoms with van der Waals surface area (Å²) in [6, 6.07) is -1.31. The van der Waals surface area contributed by atoms with Crippen LogP contribution in [-0.4, -0.2) is 33.8 Å². The summed E-state index contributed by atoms with van der Waals surface area (Å²) in [4.78, 5) is 30.3. The quantitative estimate of drug-likeness (QED) is 0.907. The molecule has 2 amide bonds. The van der Waals surface area contributed by atoms with E-state index in [-0.39, 0.29) is 17.9 Å². The summed E-state index contributed by atoms with van der Waals surface area (Å²) in [6.45, 7) is 7.35. The number of nitrogens with zero attached hydrogens (tertiary/aromatic N) is 2. The van der Waals surface area contributed by atoms with E-state index in [1.807, 2.05) is 13.8 Å². The molecule has 20 heavy (non-hydrogen) atoms. The van der Waals surface area contributed by atoms with Crippen LogP contribution in [0.15, 0.2) is 10.6 Å². The number of amides is 2. The second kappa shape index (κ2) is 5.64. The van der Waals surface area contributed by atoms with Gasteiger partial charge in [0.2, 0.25) is 17.7 Å². The Morgan fingerprint density at radius 2 is 2.20 bits per heavy atom. The Bertz CT molecular complexity index is 512. The van der Waals surface area contributed by atoms with Gasteiger partial charge < -0.3 is 14.6 Å². The van der Waals surface area contributed by atoms with Gasteiger partial charge >= 0.3 is 0 Å². The summed E-state index contributed by atoms with van der Waals surface area (Å²) in [7, 11) is 0. The zero-order chi connectivity index (χ0) is 14.9. The summed E-state index contributed by atoms with van der Waals surface area (Å²) < 4.78 is 5.49. The smallest absolute Gasteiger partial charge is 0.246 e. The molecular formula is C14H21N3O3. The molecule has 3 unspecified atom stereocenters. The van der Waals surface area contributed by atoms with Crippen molar-refractivity contribution in [3.63, 3.8) is 0 Å². The predicted molar refractivity (Wildman–Crippen MR) is 72.8 cm³/mol. The van der Waals surface area contributed by atoms with Gasteiger partial charge in [0.1, 0.15) is 23.9 Å². The molecule has 6 nitrogen and oxygen atoms in total. The van der Waals surface area contributed by atoms with Crippen molar-refractivity contribution in [3.05, 3.63) is 17.8 Å². The van der Waals surface area contributed by atoms with Crippen LogP contribution in [0.1, 0.15) is 51.3 Å². The molecule has 1 aliphatic rings. The summed E-state index contributed by atoms with van der Waals surface area (Å²) in [5.41, 5.74) is 0. The largest absolute Gasteiger partial charge is 0.444 e. The molecule has 1 N–H and O–H groups in total. The zero-order valence-corrected chi connectivity index (χ0v) is 12.3. The Morgan fingerprint density at radius 1 is 1.50 bits per heavy atom. The minimum atomic E-state index is -0.516. The number of aromatic nitrogens is 1. The summed E-state index contributed by atoms with van der Waals surface area (Å²) >= 11 is 0. The number of carbonyl (C=O) groups excluding carboxylic acids is 2. The van der Waals surface area contributed by atoms with Gasteiger partial charge in [-0.3, -0.25) is 9.59 Å². The molecule has 110 valence electrons. The van der Waals surface area contributed by atoms with Crippen LogP contribution in [0, 0.1) is 6.92 Å². The third-order valence-electron chi connectivity index (χ3n) is 3.66. The number of oxazole rings is 1. The fraction of sp³-hybridized carbons (Fsp3) is 0.643. The van der Waals surface area contributed by atoms with Gasteiger partial charge in [-0.2, -0.15) is 0 Å². The lowest BCUT2D eigenvalue weighted by molar-refractivity contribution is -0.151. The van der Waals surface area contributed by atoms with Crippen molar-refractivity contribution in [2.75, 3.05) is 0 Å². The lowest BCUT2D eigenvalue weighted by atomic mass is 10.0. The molecule has 1 saturated heterocycles. The second-order valence-corrected chi connectivity index (χ2v) is 5.26. The Labute approximate surface area is 118 Å². The Balaban J connectivity index is 2.26. The van der Waals surface area contributed by atoms with Crippen molar-refractivity contribution in [1.82, 2.24) is 15.2 Å². The first-order valence-electron chi connectivity index (χ1n) is 7.00. The molecule has 1 aromatic heterocycles. The van der Waals surface area contributed by atoms with Crippen molar-refractivity contribution in [2.45, 2.75) is 58.7 Å². The molecule has 0 radical (unpaired) electrons. The fourth-order valence-electron chi connectivity index (χ4n) is 2.55. The number of aryl methyl sites for hydroxylation is 1. The van der Waals surface area contributed by atoms with Gasteiger partial charge in [-0.1, -0.05) is 13.3 Å². The van der Waals surface area contributed by atoms with E-state index >= 15 is 0 Å². The van der Waals surface area contributed by atoms with E-state index in [1.54, 1.807) is 24.9 Å². The monoisotopic (exact) mass is 279 g/mol. The van der Waals surface area contributed by atoms with Gasteiger partial charge in [0.15, 0.2) is 0 Å². The highest BCUT2D eigenvalue weighted by molar-refractivity contribution is 5.96. The highest BCUT2D eigenvalue weighted by Gasteiger charge is 2.41. The Morgan fingerprint density at radius 3 is 2.75 bits per heavy atom. The van der Waals surface area contributed by atoms with E-state index in [9.17, 15) is 9.59 Å². The maximum Gasteiger partial charge on any atom is 0.246 e. The summed E-state index contributed by atoms with van der Waals surface area (Å²) in [5, 5.41) is 2.78. The number of hydrogen-bond donors (Lipinski definition) is 1. The topological polar surface area (TPSA) is 75.4 Å². The van der Waals surface area contributed by atoms with E-state index < -0.39 is 12.1 Å². The van der Waals surface area contributed by atoms with E-state index in [2.05, 4.69) is 10.3 Å². The minimum absolute atomic E-state index is 0.0673. The average Bonchev–Trinajstić information content (AvgIpc) is 2.83. The third-order valence-corrected chi connectivity index (χ3v) is 3.66. The molecule has 0 spiro atoms. The van der Waals surface area contributed by atoms with Crippen molar-refractivity contribution in [1.29, 1.82) is 0 Å². The van der Waals surface area contributed by atoms with Gasteiger partial charge in [-0.05, 0) is 27.2 Å². The number of rotatable bonds is 4. The predicted octanol–water partition coefficient (Wildman–Crippen LogP) is 1.56. The second-order valence-electron chi connectivity index (χ2n) is 5.26. The van der Waals surface area contributed by atoms with Crippen LogP contribution in [0.4, 0.5) is 0 Å². The molecule has 2 heterocycles.